The highest BCUT2D eigenvalue weighted by atomic mass is 16.3. The molecule has 0 bridgehead atoms. The third-order valence-corrected chi connectivity index (χ3v) is 7.93. The minimum absolute atomic E-state index is 0.00360. The van der Waals surface area contributed by atoms with Gasteiger partial charge in [0.2, 0.25) is 0 Å². The first-order valence-corrected chi connectivity index (χ1v) is 9.04. The fourth-order valence-electron chi connectivity index (χ4n) is 6.09. The van der Waals surface area contributed by atoms with Gasteiger partial charge < -0.3 is 5.11 Å². The number of fused-ring (bicyclic) bond motifs is 3. The van der Waals surface area contributed by atoms with Crippen LogP contribution in [0.5, 0.6) is 0 Å². The van der Waals surface area contributed by atoms with E-state index < -0.39 is 0 Å². The summed E-state index contributed by atoms with van der Waals surface area (Å²) in [7, 11) is 0. The highest BCUT2D eigenvalue weighted by molar-refractivity contribution is 5.97. The van der Waals surface area contributed by atoms with E-state index in [1.165, 1.54) is 0 Å². The zero-order chi connectivity index (χ0) is 17.0. The van der Waals surface area contributed by atoms with E-state index in [2.05, 4.69) is 20.4 Å². The molecule has 3 nitrogen and oxygen atoms in total. The van der Waals surface area contributed by atoms with Crippen LogP contribution in [0.3, 0.4) is 0 Å². The van der Waals surface area contributed by atoms with Crippen molar-refractivity contribution in [2.24, 2.45) is 28.1 Å². The number of aliphatic hydroxyl groups is 1. The summed E-state index contributed by atoms with van der Waals surface area (Å²) in [6.07, 6.45) is 6.42. The zero-order valence-corrected chi connectivity index (χ0v) is 14.8. The zero-order valence-electron chi connectivity index (χ0n) is 14.8. The van der Waals surface area contributed by atoms with Crippen LogP contribution in [0.1, 0.15) is 65.7 Å². The van der Waals surface area contributed by atoms with E-state index in [4.69, 9.17) is 0 Å². The van der Waals surface area contributed by atoms with Gasteiger partial charge in [-0.05, 0) is 66.8 Å². The molecule has 128 valence electrons. The number of rotatable bonds is 2. The van der Waals surface area contributed by atoms with E-state index in [0.717, 1.165) is 44.1 Å². The van der Waals surface area contributed by atoms with Crippen molar-refractivity contribution in [3.05, 3.63) is 12.2 Å². The number of allylic oxidation sites excluding steroid dienone is 1. The monoisotopic (exact) mass is 318 g/mol. The van der Waals surface area contributed by atoms with Gasteiger partial charge in [-0.1, -0.05) is 27.4 Å². The Bertz CT molecular complexity index is 565. The van der Waals surface area contributed by atoms with Gasteiger partial charge in [0.15, 0.2) is 11.6 Å². The predicted molar refractivity (Wildman–Crippen MR) is 89.9 cm³/mol. The van der Waals surface area contributed by atoms with Crippen LogP contribution in [-0.4, -0.2) is 23.3 Å². The number of hydrogen-bond donors (Lipinski definition) is 1. The van der Waals surface area contributed by atoms with Crippen molar-refractivity contribution < 1.29 is 14.7 Å². The van der Waals surface area contributed by atoms with Gasteiger partial charge in [0.1, 0.15) is 6.61 Å². The Labute approximate surface area is 139 Å². The molecule has 0 heterocycles. The summed E-state index contributed by atoms with van der Waals surface area (Å²) in [5, 5.41) is 9.31. The molecule has 3 rings (SSSR count). The maximum Gasteiger partial charge on any atom is 0.164 e. The quantitative estimate of drug-likeness (QED) is 0.790. The van der Waals surface area contributed by atoms with E-state index >= 15 is 0 Å². The highest BCUT2D eigenvalue weighted by Crippen LogP contribution is 2.66. The van der Waals surface area contributed by atoms with Crippen LogP contribution in [0.15, 0.2) is 12.2 Å². The molecular weight excluding hydrogens is 288 g/mol. The van der Waals surface area contributed by atoms with Crippen molar-refractivity contribution in [2.75, 3.05) is 6.61 Å². The third kappa shape index (κ3) is 2.26. The van der Waals surface area contributed by atoms with E-state index in [9.17, 15) is 14.7 Å². The van der Waals surface area contributed by atoms with Gasteiger partial charge in [-0.25, -0.2) is 0 Å². The second-order valence-electron chi connectivity index (χ2n) is 9.00. The minimum Gasteiger partial charge on any atom is -0.389 e. The molecule has 0 saturated heterocycles. The molecule has 0 radical (unpaired) electrons. The Hall–Kier alpha value is -0.960. The molecule has 5 unspecified atom stereocenters. The molecule has 3 heteroatoms. The Morgan fingerprint density at radius 2 is 1.91 bits per heavy atom. The highest BCUT2D eigenvalue weighted by Gasteiger charge is 2.59. The molecule has 23 heavy (non-hydrogen) atoms. The summed E-state index contributed by atoms with van der Waals surface area (Å²) in [4.78, 5) is 24.4. The van der Waals surface area contributed by atoms with Gasteiger partial charge >= 0.3 is 0 Å². The lowest BCUT2D eigenvalue weighted by molar-refractivity contribution is -0.147. The number of Topliss-reactive ketones (excluding diaryl/α,β-unsaturated/α-hetero) is 2. The molecular formula is C20H30O3. The van der Waals surface area contributed by atoms with Crippen LogP contribution in [0.25, 0.3) is 0 Å². The fourth-order valence-corrected chi connectivity index (χ4v) is 6.09. The standard InChI is InChI=1S/C20H30O3/c1-13-15(22)5-6-16-19(13,3)8-7-14-11-18(2,17(23)12-21)9-10-20(14,16)4/h14,16,21H,1,5-12H2,2-4H3. The van der Waals surface area contributed by atoms with Crippen molar-refractivity contribution in [2.45, 2.75) is 65.7 Å². The molecule has 3 fully saturated rings. The minimum atomic E-state index is -0.367. The summed E-state index contributed by atoms with van der Waals surface area (Å²) < 4.78 is 0. The SMILES string of the molecule is C=C1C(=O)CCC2C1(C)CCC1CC(C)(C(=O)CO)CCC12C. The van der Waals surface area contributed by atoms with Crippen LogP contribution >= 0.6 is 0 Å². The summed E-state index contributed by atoms with van der Waals surface area (Å²) >= 11 is 0. The third-order valence-electron chi connectivity index (χ3n) is 7.93. The lowest BCUT2D eigenvalue weighted by Gasteiger charge is -2.62. The summed E-state index contributed by atoms with van der Waals surface area (Å²) in [6, 6.07) is 0. The fraction of sp³-hybridized carbons (Fsp3) is 0.800. The van der Waals surface area contributed by atoms with Gasteiger partial charge in [0.25, 0.3) is 0 Å². The predicted octanol–water partition coefficient (Wildman–Crippen LogP) is 3.70. The molecule has 0 spiro atoms. The van der Waals surface area contributed by atoms with Gasteiger partial charge in [0, 0.05) is 11.8 Å². The van der Waals surface area contributed by atoms with E-state index in [1.54, 1.807) is 0 Å². The van der Waals surface area contributed by atoms with Crippen LogP contribution in [0, 0.1) is 28.1 Å². The molecule has 0 aliphatic heterocycles. The van der Waals surface area contributed by atoms with Crippen LogP contribution in [0.2, 0.25) is 0 Å². The van der Waals surface area contributed by atoms with Crippen LogP contribution < -0.4 is 0 Å². The summed E-state index contributed by atoms with van der Waals surface area (Å²) in [5.74, 6) is 1.25. The summed E-state index contributed by atoms with van der Waals surface area (Å²) in [5.41, 5.74) is 0.600. The average Bonchev–Trinajstić information content (AvgIpc) is 2.52. The topological polar surface area (TPSA) is 54.4 Å². The Morgan fingerprint density at radius 1 is 1.22 bits per heavy atom. The first kappa shape index (κ1) is 16.9. The molecule has 1 N–H and O–H groups in total. The Kier molecular flexibility index (Phi) is 3.87. The molecule has 0 amide bonds. The van der Waals surface area contributed by atoms with Crippen molar-refractivity contribution in [1.82, 2.24) is 0 Å². The molecule has 0 aromatic carbocycles. The number of hydrogen-bond acceptors (Lipinski definition) is 3. The van der Waals surface area contributed by atoms with Crippen molar-refractivity contribution in [3.63, 3.8) is 0 Å². The van der Waals surface area contributed by atoms with Gasteiger partial charge in [-0.15, -0.1) is 0 Å². The molecule has 3 saturated carbocycles. The molecule has 0 aromatic rings. The van der Waals surface area contributed by atoms with Crippen molar-refractivity contribution in [3.8, 4) is 0 Å². The second-order valence-corrected chi connectivity index (χ2v) is 9.00. The largest absolute Gasteiger partial charge is 0.389 e. The van der Waals surface area contributed by atoms with E-state index in [-0.39, 0.29) is 34.4 Å². The van der Waals surface area contributed by atoms with E-state index in [0.29, 0.717) is 18.3 Å². The van der Waals surface area contributed by atoms with Crippen molar-refractivity contribution >= 4 is 11.6 Å². The molecule has 3 aliphatic rings. The molecule has 3 aliphatic carbocycles. The van der Waals surface area contributed by atoms with Crippen molar-refractivity contribution in [1.29, 1.82) is 0 Å². The first-order valence-electron chi connectivity index (χ1n) is 9.04. The number of carbonyl (C=O) groups is 2. The second kappa shape index (κ2) is 5.27. The smallest absolute Gasteiger partial charge is 0.164 e. The van der Waals surface area contributed by atoms with Gasteiger partial charge in [-0.3, -0.25) is 9.59 Å². The molecule has 0 aromatic heterocycles. The molecule has 5 atom stereocenters. The lowest BCUT2D eigenvalue weighted by Crippen LogP contribution is -2.56. The van der Waals surface area contributed by atoms with Crippen LogP contribution in [-0.2, 0) is 9.59 Å². The van der Waals surface area contributed by atoms with E-state index in [1.807, 2.05) is 6.92 Å². The number of aliphatic hydroxyl groups excluding tert-OH is 1. The van der Waals surface area contributed by atoms with Crippen LogP contribution in [0.4, 0.5) is 0 Å². The number of carbonyl (C=O) groups excluding carboxylic acids is 2. The Morgan fingerprint density at radius 3 is 2.57 bits per heavy atom. The lowest BCUT2D eigenvalue weighted by atomic mass is 9.42. The normalized spacial score (nSPS) is 47.0. The number of ketones is 2. The van der Waals surface area contributed by atoms with Gasteiger partial charge in [-0.2, -0.15) is 0 Å². The maximum atomic E-state index is 12.2. The maximum absolute atomic E-state index is 12.2. The van der Waals surface area contributed by atoms with Gasteiger partial charge in [0.05, 0.1) is 0 Å². The summed E-state index contributed by atoms with van der Waals surface area (Å²) in [6.45, 7) is 10.5. The Balaban J connectivity index is 1.91. The average molecular weight is 318 g/mol. The first-order chi connectivity index (χ1) is 10.7.